The predicted molar refractivity (Wildman–Crippen MR) is 280 cm³/mol. The summed E-state index contributed by atoms with van der Waals surface area (Å²) in [5.41, 5.74) is 5.94. The minimum atomic E-state index is -1.52. The molecular formula is C58H63FN8O6. The van der Waals surface area contributed by atoms with Crippen LogP contribution in [-0.2, 0) is 26.9 Å². The Morgan fingerprint density at radius 3 is 2.25 bits per heavy atom. The first-order valence-electron chi connectivity index (χ1n) is 25.7. The lowest BCUT2D eigenvalue weighted by atomic mass is 9.86. The molecule has 5 heterocycles. The Balaban J connectivity index is 0.956. The Kier molecular flexibility index (Phi) is 12.6. The van der Waals surface area contributed by atoms with Gasteiger partial charge in [-0.2, -0.15) is 0 Å². The van der Waals surface area contributed by atoms with E-state index in [9.17, 15) is 14.4 Å². The predicted octanol–water partition coefficient (Wildman–Crippen LogP) is 9.88. The Morgan fingerprint density at radius 1 is 0.822 bits per heavy atom. The largest absolute Gasteiger partial charge is 0.449 e. The van der Waals surface area contributed by atoms with Gasteiger partial charge in [-0.3, -0.25) is 9.69 Å². The van der Waals surface area contributed by atoms with Gasteiger partial charge in [0.15, 0.2) is 5.60 Å². The molecule has 2 N–H and O–H groups in total. The zero-order valence-corrected chi connectivity index (χ0v) is 42.4. The van der Waals surface area contributed by atoms with E-state index < -0.39 is 23.1 Å². The van der Waals surface area contributed by atoms with Gasteiger partial charge in [0.1, 0.15) is 23.5 Å². The average molecular weight is 987 g/mol. The summed E-state index contributed by atoms with van der Waals surface area (Å²) in [7, 11) is 1.73. The van der Waals surface area contributed by atoms with Crippen molar-refractivity contribution in [1.82, 2.24) is 34.6 Å². The molecule has 1 unspecified atom stereocenters. The number of benzene rings is 4. The molecule has 378 valence electrons. The molecule has 2 amide bonds. The van der Waals surface area contributed by atoms with E-state index in [1.807, 2.05) is 86.5 Å². The van der Waals surface area contributed by atoms with E-state index in [2.05, 4.69) is 58.2 Å². The van der Waals surface area contributed by atoms with Crippen LogP contribution in [0, 0.1) is 5.82 Å². The molecule has 0 spiro atoms. The Labute approximate surface area is 424 Å². The highest BCUT2D eigenvalue weighted by Gasteiger charge is 2.46. The summed E-state index contributed by atoms with van der Waals surface area (Å²) >= 11 is 0. The fourth-order valence-electron chi connectivity index (χ4n) is 11.4. The molecule has 11 rings (SSSR count). The number of hydrogen-bond donors (Lipinski definition) is 2. The summed E-state index contributed by atoms with van der Waals surface area (Å²) in [5.74, 6) is -0.109. The maximum atomic E-state index is 15.8. The summed E-state index contributed by atoms with van der Waals surface area (Å²) < 4.78 is 36.4. The van der Waals surface area contributed by atoms with Crippen LogP contribution in [0.3, 0.4) is 0 Å². The van der Waals surface area contributed by atoms with Crippen LogP contribution in [0.5, 0.6) is 0 Å². The lowest BCUT2D eigenvalue weighted by molar-refractivity contribution is -0.0316. The number of anilines is 1. The molecule has 4 aromatic carbocycles. The standard InChI is InChI=1S/C58H63FN8O6/c1-35-31-67(56(70)73-57(3,4)5)36(2)30-66(35)40-23-26-65(27-24-40)54-62-50-21-18-37(48-32-64(6)53(68)51-46(48)22-25-60-51)28-47(50)52(63-54)58(72-41-19-20-41,38-12-11-13-39(59)29-38)34-61-55(69)71-33-49-44-16-9-7-14-42(44)43-15-8-10-17-45(43)49/h7-18,21-22,25,28-29,32,35-36,40-41,49,60H,19-20,23-24,26-27,30-31,33-34H2,1-6H3,(H,61,69)/t35-,36+,58?/m0/s1. The van der Waals surface area contributed by atoms with Crippen LogP contribution in [0.25, 0.3) is 44.1 Å². The molecule has 2 saturated heterocycles. The molecular weight excluding hydrogens is 924 g/mol. The van der Waals surface area contributed by atoms with E-state index in [-0.39, 0.29) is 55.0 Å². The molecule has 3 atom stereocenters. The van der Waals surface area contributed by atoms with Crippen LogP contribution >= 0.6 is 0 Å². The van der Waals surface area contributed by atoms with Gasteiger partial charge in [-0.25, -0.2) is 23.9 Å². The Morgan fingerprint density at radius 2 is 1.55 bits per heavy atom. The number of alkyl carbamates (subject to hydrolysis) is 1. The number of carbonyl (C=O) groups is 2. The van der Waals surface area contributed by atoms with Crippen molar-refractivity contribution in [2.24, 2.45) is 7.05 Å². The van der Waals surface area contributed by atoms with Crippen molar-refractivity contribution >= 4 is 39.9 Å². The van der Waals surface area contributed by atoms with E-state index in [0.717, 1.165) is 71.0 Å². The van der Waals surface area contributed by atoms with Gasteiger partial charge in [0.05, 0.1) is 23.9 Å². The Hall–Kier alpha value is -7.10. The molecule has 0 bridgehead atoms. The van der Waals surface area contributed by atoms with E-state index in [4.69, 9.17) is 24.2 Å². The number of nitrogens with one attached hydrogen (secondary N) is 2. The zero-order chi connectivity index (χ0) is 50.8. The van der Waals surface area contributed by atoms with E-state index in [1.165, 1.54) is 12.1 Å². The summed E-state index contributed by atoms with van der Waals surface area (Å²) in [6.07, 6.45) is 5.73. The van der Waals surface area contributed by atoms with E-state index in [0.29, 0.717) is 53.3 Å². The van der Waals surface area contributed by atoms with Crippen LogP contribution in [0.2, 0.25) is 0 Å². The molecule has 2 aliphatic carbocycles. The second kappa shape index (κ2) is 19.1. The van der Waals surface area contributed by atoms with Gasteiger partial charge in [-0.15, -0.1) is 0 Å². The SMILES string of the molecule is C[C@@H]1CN(C2CCN(c3nc(C(CNC(=O)OCC4c5ccccc5-c5ccccc54)(OC4CC4)c4cccc(F)c4)c4cc(-c5cn(C)c(=O)c6[nH]ccc56)ccc4n3)CC2)[C@@H](C)CN1C(=O)OC(C)(C)C. The van der Waals surface area contributed by atoms with Crippen molar-refractivity contribution in [3.05, 3.63) is 148 Å². The third-order valence-corrected chi connectivity index (χ3v) is 15.2. The maximum Gasteiger partial charge on any atom is 0.410 e. The molecule has 4 aliphatic rings. The zero-order valence-electron chi connectivity index (χ0n) is 42.4. The Bertz CT molecular complexity index is 3260. The van der Waals surface area contributed by atoms with Gasteiger partial charge in [0.25, 0.3) is 5.56 Å². The van der Waals surface area contributed by atoms with Gasteiger partial charge in [-0.1, -0.05) is 66.7 Å². The number of aryl methyl sites for hydroxylation is 1. The normalized spacial score (nSPS) is 19.4. The first-order valence-corrected chi connectivity index (χ1v) is 25.7. The minimum Gasteiger partial charge on any atom is -0.449 e. The van der Waals surface area contributed by atoms with Gasteiger partial charge in [0.2, 0.25) is 5.95 Å². The fourth-order valence-corrected chi connectivity index (χ4v) is 11.4. The number of halogens is 1. The van der Waals surface area contributed by atoms with Gasteiger partial charge in [-0.05, 0) is 124 Å². The number of ether oxygens (including phenoxy) is 3. The van der Waals surface area contributed by atoms with Crippen LogP contribution in [0.4, 0.5) is 19.9 Å². The number of amides is 2. The van der Waals surface area contributed by atoms with Crippen molar-refractivity contribution < 1.29 is 28.2 Å². The van der Waals surface area contributed by atoms with Crippen LogP contribution in [0.1, 0.15) is 88.6 Å². The smallest absolute Gasteiger partial charge is 0.410 e. The van der Waals surface area contributed by atoms with E-state index in [1.54, 1.807) is 23.9 Å². The van der Waals surface area contributed by atoms with Crippen molar-refractivity contribution in [3.63, 3.8) is 0 Å². The summed E-state index contributed by atoms with van der Waals surface area (Å²) in [4.78, 5) is 61.1. The number of aromatic nitrogens is 4. The van der Waals surface area contributed by atoms with Crippen molar-refractivity contribution in [2.45, 2.75) is 102 Å². The van der Waals surface area contributed by atoms with Crippen molar-refractivity contribution in [1.29, 1.82) is 0 Å². The summed E-state index contributed by atoms with van der Waals surface area (Å²) in [5, 5.41) is 4.51. The highest BCUT2D eigenvalue weighted by atomic mass is 19.1. The second-order valence-electron chi connectivity index (χ2n) is 21.4. The molecule has 7 aromatic rings. The molecule has 73 heavy (non-hydrogen) atoms. The number of rotatable bonds is 11. The number of fused-ring (bicyclic) bond motifs is 5. The number of aromatic amines is 1. The highest BCUT2D eigenvalue weighted by molar-refractivity contribution is 5.97. The van der Waals surface area contributed by atoms with Gasteiger partial charge in [0, 0.05) is 86.0 Å². The number of H-pyrrole nitrogens is 1. The summed E-state index contributed by atoms with van der Waals surface area (Å²) in [6, 6.07) is 31.0. The third kappa shape index (κ3) is 9.33. The lowest BCUT2D eigenvalue weighted by Crippen LogP contribution is -2.62. The first-order chi connectivity index (χ1) is 35.1. The first kappa shape index (κ1) is 48.2. The van der Waals surface area contributed by atoms with Gasteiger partial charge >= 0.3 is 12.2 Å². The minimum absolute atomic E-state index is 0.0149. The second-order valence-corrected chi connectivity index (χ2v) is 21.4. The molecule has 3 fully saturated rings. The van der Waals surface area contributed by atoms with Gasteiger partial charge < -0.3 is 38.9 Å². The monoisotopic (exact) mass is 986 g/mol. The average Bonchev–Trinajstić information content (AvgIpc) is 3.95. The lowest BCUT2D eigenvalue weighted by Gasteiger charge is -2.49. The number of pyridine rings is 1. The number of hydrogen-bond acceptors (Lipinski definition) is 10. The van der Waals surface area contributed by atoms with Crippen molar-refractivity contribution in [3.8, 4) is 22.3 Å². The van der Waals surface area contributed by atoms with Crippen LogP contribution < -0.4 is 15.8 Å². The quantitative estimate of drug-likeness (QED) is 0.128. The van der Waals surface area contributed by atoms with Crippen molar-refractivity contribution in [2.75, 3.05) is 44.2 Å². The summed E-state index contributed by atoms with van der Waals surface area (Å²) in [6.45, 7) is 12.6. The van der Waals surface area contributed by atoms with E-state index >= 15 is 4.39 Å². The number of piperidine rings is 1. The maximum absolute atomic E-state index is 15.8. The van der Waals surface area contributed by atoms with Crippen LogP contribution in [0.15, 0.2) is 114 Å². The topological polar surface area (TPSA) is 147 Å². The number of nitrogens with zero attached hydrogens (tertiary/aromatic N) is 6. The third-order valence-electron chi connectivity index (χ3n) is 15.2. The molecule has 15 heteroatoms. The molecule has 3 aromatic heterocycles. The molecule has 2 aliphatic heterocycles. The van der Waals surface area contributed by atoms with Crippen LogP contribution in [-0.4, -0.2) is 111 Å². The molecule has 1 saturated carbocycles. The number of carbonyl (C=O) groups excluding carboxylic acids is 2. The molecule has 14 nitrogen and oxygen atoms in total. The number of piperazine rings is 1. The molecule has 0 radical (unpaired) electrons. The fraction of sp³-hybridized carbons (Fsp3) is 0.397. The highest BCUT2D eigenvalue weighted by Crippen LogP contribution is 2.46.